The van der Waals surface area contributed by atoms with E-state index in [2.05, 4.69) is 20.8 Å². The predicted octanol–water partition coefficient (Wildman–Crippen LogP) is 1.62. The number of nitrogens with zero attached hydrogens (tertiary/aromatic N) is 1. The van der Waals surface area contributed by atoms with E-state index in [0.29, 0.717) is 12.5 Å². The van der Waals surface area contributed by atoms with E-state index in [-0.39, 0.29) is 11.3 Å². The normalized spacial score (nSPS) is 22.5. The summed E-state index contributed by atoms with van der Waals surface area (Å²) in [5.41, 5.74) is 5.72. The van der Waals surface area contributed by atoms with Crippen LogP contribution in [0.2, 0.25) is 0 Å². The Labute approximate surface area is 93.0 Å². The summed E-state index contributed by atoms with van der Waals surface area (Å²) in [6, 6.07) is 0. The Hall–Kier alpha value is -0.570. The minimum absolute atomic E-state index is 0.242. The van der Waals surface area contributed by atoms with Gasteiger partial charge in [0.15, 0.2) is 0 Å². The van der Waals surface area contributed by atoms with Gasteiger partial charge in [0.1, 0.15) is 0 Å². The molecular formula is C12H24N2O. The van der Waals surface area contributed by atoms with Gasteiger partial charge < -0.3 is 10.6 Å². The molecule has 2 N–H and O–H groups in total. The van der Waals surface area contributed by atoms with E-state index in [4.69, 9.17) is 5.73 Å². The second-order valence-corrected chi connectivity index (χ2v) is 5.21. The molecule has 0 saturated heterocycles. The Morgan fingerprint density at radius 1 is 1.47 bits per heavy atom. The molecule has 0 radical (unpaired) electrons. The molecule has 1 aliphatic carbocycles. The highest BCUT2D eigenvalue weighted by Gasteiger charge is 2.51. The van der Waals surface area contributed by atoms with Crippen molar-refractivity contribution in [2.45, 2.75) is 40.0 Å². The lowest BCUT2D eigenvalue weighted by Crippen LogP contribution is -2.35. The molecule has 1 saturated carbocycles. The molecule has 0 aromatic rings. The molecule has 1 unspecified atom stereocenters. The zero-order valence-corrected chi connectivity index (χ0v) is 10.3. The standard InChI is InChI=1S/C12H24N2O/c1-4-7-14(8-5-6-13)11(15)10-9-12(10,2)3/h10H,4-9,13H2,1-3H3. The van der Waals surface area contributed by atoms with Crippen LogP contribution in [0.4, 0.5) is 0 Å². The largest absolute Gasteiger partial charge is 0.342 e. The van der Waals surface area contributed by atoms with Crippen LogP contribution in [0.25, 0.3) is 0 Å². The molecule has 1 amide bonds. The van der Waals surface area contributed by atoms with Gasteiger partial charge in [-0.05, 0) is 31.2 Å². The molecule has 3 heteroatoms. The van der Waals surface area contributed by atoms with Crippen LogP contribution in [0.5, 0.6) is 0 Å². The van der Waals surface area contributed by atoms with E-state index in [1.54, 1.807) is 0 Å². The van der Waals surface area contributed by atoms with Gasteiger partial charge in [0.25, 0.3) is 0 Å². The molecular weight excluding hydrogens is 188 g/mol. The first-order valence-corrected chi connectivity index (χ1v) is 6.01. The number of carbonyl (C=O) groups is 1. The molecule has 88 valence electrons. The fourth-order valence-electron chi connectivity index (χ4n) is 1.99. The van der Waals surface area contributed by atoms with Crippen LogP contribution >= 0.6 is 0 Å². The van der Waals surface area contributed by atoms with E-state index in [0.717, 1.165) is 32.4 Å². The van der Waals surface area contributed by atoms with Crippen LogP contribution in [0.15, 0.2) is 0 Å². The number of rotatable bonds is 6. The summed E-state index contributed by atoms with van der Waals surface area (Å²) < 4.78 is 0. The minimum Gasteiger partial charge on any atom is -0.342 e. The molecule has 0 heterocycles. The van der Waals surface area contributed by atoms with Gasteiger partial charge in [-0.25, -0.2) is 0 Å². The van der Waals surface area contributed by atoms with Crippen molar-refractivity contribution in [1.82, 2.24) is 4.90 Å². The van der Waals surface area contributed by atoms with Crippen molar-refractivity contribution in [3.63, 3.8) is 0 Å². The Balaban J connectivity index is 2.45. The van der Waals surface area contributed by atoms with Crippen molar-refractivity contribution in [2.75, 3.05) is 19.6 Å². The maximum absolute atomic E-state index is 12.1. The molecule has 0 aliphatic heterocycles. The van der Waals surface area contributed by atoms with Crippen LogP contribution in [-0.4, -0.2) is 30.4 Å². The van der Waals surface area contributed by atoms with Crippen molar-refractivity contribution in [2.24, 2.45) is 17.1 Å². The summed E-state index contributed by atoms with van der Waals surface area (Å²) in [6.07, 6.45) is 3.00. The lowest BCUT2D eigenvalue weighted by molar-refractivity contribution is -0.133. The van der Waals surface area contributed by atoms with Gasteiger partial charge in [0.2, 0.25) is 5.91 Å². The van der Waals surface area contributed by atoms with Gasteiger partial charge in [0, 0.05) is 19.0 Å². The first-order chi connectivity index (χ1) is 7.03. The number of nitrogens with two attached hydrogens (primary N) is 1. The number of hydrogen-bond acceptors (Lipinski definition) is 2. The number of carbonyl (C=O) groups excluding carboxylic acids is 1. The van der Waals surface area contributed by atoms with Crippen LogP contribution in [0, 0.1) is 11.3 Å². The van der Waals surface area contributed by atoms with Crippen LogP contribution in [0.1, 0.15) is 40.0 Å². The third-order valence-corrected chi connectivity index (χ3v) is 3.25. The van der Waals surface area contributed by atoms with E-state index in [1.165, 1.54) is 0 Å². The third-order valence-electron chi connectivity index (χ3n) is 3.25. The summed E-state index contributed by atoms with van der Waals surface area (Å²) in [5, 5.41) is 0. The fourth-order valence-corrected chi connectivity index (χ4v) is 1.99. The van der Waals surface area contributed by atoms with E-state index in [9.17, 15) is 4.79 Å². The quantitative estimate of drug-likeness (QED) is 0.727. The highest BCUT2D eigenvalue weighted by molar-refractivity contribution is 5.82. The van der Waals surface area contributed by atoms with E-state index in [1.807, 2.05) is 4.90 Å². The molecule has 0 bridgehead atoms. The van der Waals surface area contributed by atoms with Crippen LogP contribution in [-0.2, 0) is 4.79 Å². The molecule has 1 atom stereocenters. The second kappa shape index (κ2) is 4.97. The van der Waals surface area contributed by atoms with Crippen molar-refractivity contribution in [1.29, 1.82) is 0 Å². The van der Waals surface area contributed by atoms with E-state index >= 15 is 0 Å². The summed E-state index contributed by atoms with van der Waals surface area (Å²) in [6.45, 7) is 8.83. The van der Waals surface area contributed by atoms with Crippen LogP contribution in [0.3, 0.4) is 0 Å². The molecule has 0 aromatic carbocycles. The smallest absolute Gasteiger partial charge is 0.226 e. The van der Waals surface area contributed by atoms with Crippen molar-refractivity contribution >= 4 is 5.91 Å². The number of amides is 1. The Bertz CT molecular complexity index is 226. The Morgan fingerprint density at radius 3 is 2.47 bits per heavy atom. The van der Waals surface area contributed by atoms with E-state index < -0.39 is 0 Å². The zero-order valence-electron chi connectivity index (χ0n) is 10.3. The molecule has 1 fully saturated rings. The SMILES string of the molecule is CCCN(CCCN)C(=O)C1CC1(C)C. The highest BCUT2D eigenvalue weighted by atomic mass is 16.2. The summed E-state index contributed by atoms with van der Waals surface area (Å²) >= 11 is 0. The molecule has 3 nitrogen and oxygen atoms in total. The molecule has 15 heavy (non-hydrogen) atoms. The topological polar surface area (TPSA) is 46.3 Å². The predicted molar refractivity (Wildman–Crippen MR) is 62.4 cm³/mol. The first kappa shape index (κ1) is 12.5. The lowest BCUT2D eigenvalue weighted by atomic mass is 10.1. The van der Waals surface area contributed by atoms with Gasteiger partial charge in [-0.1, -0.05) is 20.8 Å². The maximum atomic E-state index is 12.1. The van der Waals surface area contributed by atoms with Crippen molar-refractivity contribution < 1.29 is 4.79 Å². The van der Waals surface area contributed by atoms with Gasteiger partial charge in [-0.3, -0.25) is 4.79 Å². The monoisotopic (exact) mass is 212 g/mol. The zero-order chi connectivity index (χ0) is 11.5. The van der Waals surface area contributed by atoms with Crippen LogP contribution < -0.4 is 5.73 Å². The minimum atomic E-state index is 0.242. The summed E-state index contributed by atoms with van der Waals surface area (Å²) in [7, 11) is 0. The second-order valence-electron chi connectivity index (χ2n) is 5.21. The lowest BCUT2D eigenvalue weighted by Gasteiger charge is -2.22. The van der Waals surface area contributed by atoms with Gasteiger partial charge in [-0.2, -0.15) is 0 Å². The summed E-state index contributed by atoms with van der Waals surface area (Å²) in [4.78, 5) is 14.1. The number of hydrogen-bond donors (Lipinski definition) is 1. The molecule has 1 aliphatic rings. The third kappa shape index (κ3) is 3.20. The average molecular weight is 212 g/mol. The Morgan fingerprint density at radius 2 is 2.07 bits per heavy atom. The molecule has 1 rings (SSSR count). The Kier molecular flexibility index (Phi) is 4.14. The fraction of sp³-hybridized carbons (Fsp3) is 0.917. The van der Waals surface area contributed by atoms with Crippen molar-refractivity contribution in [3.05, 3.63) is 0 Å². The van der Waals surface area contributed by atoms with Gasteiger partial charge in [-0.15, -0.1) is 0 Å². The average Bonchev–Trinajstić information content (AvgIpc) is 2.81. The van der Waals surface area contributed by atoms with Gasteiger partial charge in [0.05, 0.1) is 0 Å². The maximum Gasteiger partial charge on any atom is 0.226 e. The highest BCUT2D eigenvalue weighted by Crippen LogP contribution is 2.52. The molecule has 0 aromatic heterocycles. The summed E-state index contributed by atoms with van der Waals surface area (Å²) in [5.74, 6) is 0.608. The van der Waals surface area contributed by atoms with Gasteiger partial charge >= 0.3 is 0 Å². The van der Waals surface area contributed by atoms with Crippen molar-refractivity contribution in [3.8, 4) is 0 Å². The first-order valence-electron chi connectivity index (χ1n) is 6.01. The molecule has 0 spiro atoms.